The van der Waals surface area contributed by atoms with Gasteiger partial charge in [-0.25, -0.2) is 0 Å². The van der Waals surface area contributed by atoms with Crippen molar-refractivity contribution in [1.82, 2.24) is 15.2 Å². The van der Waals surface area contributed by atoms with Crippen LogP contribution in [-0.4, -0.2) is 32.7 Å². The SMILES string of the molecule is Clc1nnc(Cl)c(NC2CCSCC2)n1. The van der Waals surface area contributed by atoms with Crippen LogP contribution in [0.25, 0.3) is 0 Å². The smallest absolute Gasteiger partial charge is 0.245 e. The standard InChI is InChI=1S/C8H10Cl2N4S/c9-6-7(12-8(10)14-13-6)11-5-1-3-15-4-2-5/h5H,1-4H2,(H,11,12,14). The van der Waals surface area contributed by atoms with Gasteiger partial charge in [0, 0.05) is 6.04 Å². The molecular formula is C8H10Cl2N4S. The molecule has 1 fully saturated rings. The highest BCUT2D eigenvalue weighted by Gasteiger charge is 2.16. The molecule has 1 saturated heterocycles. The summed E-state index contributed by atoms with van der Waals surface area (Å²) in [6.07, 6.45) is 2.23. The molecular weight excluding hydrogens is 255 g/mol. The van der Waals surface area contributed by atoms with E-state index in [2.05, 4.69) is 20.5 Å². The van der Waals surface area contributed by atoms with E-state index in [4.69, 9.17) is 23.2 Å². The molecule has 0 aliphatic carbocycles. The van der Waals surface area contributed by atoms with Gasteiger partial charge < -0.3 is 5.32 Å². The van der Waals surface area contributed by atoms with E-state index in [0.717, 1.165) is 12.8 Å². The van der Waals surface area contributed by atoms with Crippen LogP contribution in [0.5, 0.6) is 0 Å². The van der Waals surface area contributed by atoms with Gasteiger partial charge in [-0.15, -0.1) is 10.2 Å². The molecule has 2 rings (SSSR count). The average Bonchev–Trinajstić information content (AvgIpc) is 2.25. The first-order valence-corrected chi connectivity index (χ1v) is 6.57. The Labute approximate surface area is 102 Å². The summed E-state index contributed by atoms with van der Waals surface area (Å²) in [6.45, 7) is 0. The van der Waals surface area contributed by atoms with Crippen LogP contribution in [0, 0.1) is 0 Å². The number of anilines is 1. The van der Waals surface area contributed by atoms with Gasteiger partial charge in [0.1, 0.15) is 0 Å². The maximum atomic E-state index is 5.85. The zero-order valence-corrected chi connectivity index (χ0v) is 10.2. The molecule has 1 aromatic heterocycles. The van der Waals surface area contributed by atoms with Gasteiger partial charge >= 0.3 is 0 Å². The summed E-state index contributed by atoms with van der Waals surface area (Å²) in [5.74, 6) is 2.87. The first kappa shape index (κ1) is 11.2. The van der Waals surface area contributed by atoms with Crippen molar-refractivity contribution in [2.24, 2.45) is 0 Å². The fourth-order valence-corrected chi connectivity index (χ4v) is 2.78. The minimum atomic E-state index is 0.118. The molecule has 0 amide bonds. The van der Waals surface area contributed by atoms with Crippen molar-refractivity contribution in [3.8, 4) is 0 Å². The minimum Gasteiger partial charge on any atom is -0.365 e. The van der Waals surface area contributed by atoms with Gasteiger partial charge in [-0.2, -0.15) is 16.7 Å². The second-order valence-electron chi connectivity index (χ2n) is 3.25. The highest BCUT2D eigenvalue weighted by molar-refractivity contribution is 7.99. The van der Waals surface area contributed by atoms with E-state index in [0.29, 0.717) is 11.9 Å². The highest BCUT2D eigenvalue weighted by Crippen LogP contribution is 2.23. The third-order valence-electron chi connectivity index (χ3n) is 2.18. The Bertz CT molecular complexity index is 343. The predicted molar refractivity (Wildman–Crippen MR) is 63.8 cm³/mol. The lowest BCUT2D eigenvalue weighted by Crippen LogP contribution is -2.25. The molecule has 15 heavy (non-hydrogen) atoms. The molecule has 0 radical (unpaired) electrons. The van der Waals surface area contributed by atoms with Crippen LogP contribution in [0.2, 0.25) is 10.4 Å². The molecule has 2 heterocycles. The van der Waals surface area contributed by atoms with Gasteiger partial charge in [-0.05, 0) is 35.9 Å². The predicted octanol–water partition coefficient (Wildman–Crippen LogP) is 2.49. The van der Waals surface area contributed by atoms with Crippen molar-refractivity contribution in [2.45, 2.75) is 18.9 Å². The van der Waals surface area contributed by atoms with E-state index in [1.54, 1.807) is 0 Å². The third-order valence-corrected chi connectivity index (χ3v) is 3.65. The van der Waals surface area contributed by atoms with Gasteiger partial charge in [-0.1, -0.05) is 11.6 Å². The van der Waals surface area contributed by atoms with Crippen LogP contribution in [-0.2, 0) is 0 Å². The molecule has 1 aliphatic heterocycles. The Hall–Kier alpha value is -0.260. The fraction of sp³-hybridized carbons (Fsp3) is 0.625. The maximum absolute atomic E-state index is 5.85. The Kier molecular flexibility index (Phi) is 3.88. The van der Waals surface area contributed by atoms with Crippen LogP contribution < -0.4 is 5.32 Å². The zero-order chi connectivity index (χ0) is 10.7. The van der Waals surface area contributed by atoms with Gasteiger partial charge in [0.05, 0.1) is 0 Å². The Morgan fingerprint density at radius 1 is 1.20 bits per heavy atom. The summed E-state index contributed by atoms with van der Waals surface area (Å²) in [5, 5.41) is 10.9. The molecule has 0 atom stereocenters. The summed E-state index contributed by atoms with van der Waals surface area (Å²) < 4.78 is 0. The highest BCUT2D eigenvalue weighted by atomic mass is 35.5. The summed E-state index contributed by atoms with van der Waals surface area (Å²) in [7, 11) is 0. The number of rotatable bonds is 2. The third kappa shape index (κ3) is 3.09. The lowest BCUT2D eigenvalue weighted by atomic mass is 10.1. The molecule has 0 aromatic carbocycles. The number of nitrogens with one attached hydrogen (secondary N) is 1. The molecule has 4 nitrogen and oxygen atoms in total. The Morgan fingerprint density at radius 3 is 2.67 bits per heavy atom. The van der Waals surface area contributed by atoms with Crippen molar-refractivity contribution in [1.29, 1.82) is 0 Å². The quantitative estimate of drug-likeness (QED) is 0.890. The molecule has 82 valence electrons. The van der Waals surface area contributed by atoms with E-state index < -0.39 is 0 Å². The van der Waals surface area contributed by atoms with Gasteiger partial charge in [0.15, 0.2) is 11.0 Å². The Morgan fingerprint density at radius 2 is 1.93 bits per heavy atom. The normalized spacial score (nSPS) is 17.7. The number of hydrogen-bond acceptors (Lipinski definition) is 5. The van der Waals surface area contributed by atoms with Crippen molar-refractivity contribution in [2.75, 3.05) is 16.8 Å². The molecule has 0 spiro atoms. The second-order valence-corrected chi connectivity index (χ2v) is 5.17. The van der Waals surface area contributed by atoms with E-state index in [9.17, 15) is 0 Å². The number of hydrogen-bond donors (Lipinski definition) is 1. The first-order chi connectivity index (χ1) is 7.25. The second kappa shape index (κ2) is 5.18. The topological polar surface area (TPSA) is 50.7 Å². The van der Waals surface area contributed by atoms with Crippen molar-refractivity contribution < 1.29 is 0 Å². The number of halogens is 2. The van der Waals surface area contributed by atoms with Crippen molar-refractivity contribution in [3.05, 3.63) is 10.4 Å². The fourth-order valence-electron chi connectivity index (χ4n) is 1.42. The van der Waals surface area contributed by atoms with Gasteiger partial charge in [0.2, 0.25) is 5.28 Å². The Balaban J connectivity index is 2.05. The molecule has 7 heteroatoms. The minimum absolute atomic E-state index is 0.118. The van der Waals surface area contributed by atoms with E-state index in [1.807, 2.05) is 11.8 Å². The molecule has 1 aliphatic rings. The van der Waals surface area contributed by atoms with Gasteiger partial charge in [0.25, 0.3) is 0 Å². The van der Waals surface area contributed by atoms with Crippen LogP contribution in [0.3, 0.4) is 0 Å². The van der Waals surface area contributed by atoms with Crippen molar-refractivity contribution >= 4 is 40.8 Å². The molecule has 1 N–H and O–H groups in total. The van der Waals surface area contributed by atoms with E-state index in [-0.39, 0.29) is 10.4 Å². The largest absolute Gasteiger partial charge is 0.365 e. The van der Waals surface area contributed by atoms with Gasteiger partial charge in [-0.3, -0.25) is 0 Å². The van der Waals surface area contributed by atoms with E-state index in [1.165, 1.54) is 11.5 Å². The van der Waals surface area contributed by atoms with E-state index >= 15 is 0 Å². The molecule has 0 unspecified atom stereocenters. The number of thioether (sulfide) groups is 1. The lowest BCUT2D eigenvalue weighted by molar-refractivity contribution is 0.662. The van der Waals surface area contributed by atoms with Crippen molar-refractivity contribution in [3.63, 3.8) is 0 Å². The lowest BCUT2D eigenvalue weighted by Gasteiger charge is -2.22. The molecule has 1 aromatic rings. The summed E-state index contributed by atoms with van der Waals surface area (Å²) in [5.41, 5.74) is 0. The summed E-state index contributed by atoms with van der Waals surface area (Å²) >= 11 is 13.5. The van der Waals surface area contributed by atoms with Crippen LogP contribution in [0.1, 0.15) is 12.8 Å². The average molecular weight is 265 g/mol. The number of nitrogens with zero attached hydrogens (tertiary/aromatic N) is 3. The zero-order valence-electron chi connectivity index (χ0n) is 7.91. The van der Waals surface area contributed by atoms with Crippen LogP contribution in [0.4, 0.5) is 5.82 Å². The monoisotopic (exact) mass is 264 g/mol. The summed E-state index contributed by atoms with van der Waals surface area (Å²) in [4.78, 5) is 4.01. The molecule has 0 saturated carbocycles. The van der Waals surface area contributed by atoms with Crippen LogP contribution >= 0.6 is 35.0 Å². The molecule has 0 bridgehead atoms. The summed E-state index contributed by atoms with van der Waals surface area (Å²) in [6, 6.07) is 0.413. The van der Waals surface area contributed by atoms with Crippen LogP contribution in [0.15, 0.2) is 0 Å². The maximum Gasteiger partial charge on any atom is 0.245 e. The number of aromatic nitrogens is 3. The first-order valence-electron chi connectivity index (χ1n) is 4.65.